The lowest BCUT2D eigenvalue weighted by Crippen LogP contribution is -2.31. The van der Waals surface area contributed by atoms with Crippen LogP contribution in [0.3, 0.4) is 0 Å². The summed E-state index contributed by atoms with van der Waals surface area (Å²) in [5.74, 6) is 0.933. The van der Waals surface area contributed by atoms with Gasteiger partial charge in [-0.3, -0.25) is 0 Å². The second kappa shape index (κ2) is 2.78. The zero-order valence-electron chi connectivity index (χ0n) is 7.53. The minimum atomic E-state index is 0.720. The maximum absolute atomic E-state index is 3.53. The molecule has 1 aliphatic carbocycles. The summed E-state index contributed by atoms with van der Waals surface area (Å²) in [4.78, 5) is 0. The minimum Gasteiger partial charge on any atom is -0.316 e. The van der Waals surface area contributed by atoms with Crippen molar-refractivity contribution in [3.63, 3.8) is 0 Å². The molecule has 2 rings (SSSR count). The highest BCUT2D eigenvalue weighted by Gasteiger charge is 2.40. The van der Waals surface area contributed by atoms with E-state index in [2.05, 4.69) is 12.2 Å². The molecule has 0 bridgehead atoms. The van der Waals surface area contributed by atoms with E-state index >= 15 is 0 Å². The summed E-state index contributed by atoms with van der Waals surface area (Å²) in [6.07, 6.45) is 7.41. The van der Waals surface area contributed by atoms with Crippen LogP contribution in [0.25, 0.3) is 0 Å². The van der Waals surface area contributed by atoms with Crippen molar-refractivity contribution in [1.29, 1.82) is 0 Å². The molecule has 1 N–H and O–H groups in total. The lowest BCUT2D eigenvalue weighted by Gasteiger charge is -2.36. The maximum Gasteiger partial charge on any atom is 0.00110 e. The van der Waals surface area contributed by atoms with Crippen molar-refractivity contribution < 1.29 is 0 Å². The van der Waals surface area contributed by atoms with Crippen LogP contribution >= 0.6 is 0 Å². The van der Waals surface area contributed by atoms with E-state index in [9.17, 15) is 0 Å². The summed E-state index contributed by atoms with van der Waals surface area (Å²) in [7, 11) is 0. The molecule has 2 fully saturated rings. The van der Waals surface area contributed by atoms with E-state index in [0.29, 0.717) is 0 Å². The van der Waals surface area contributed by atoms with Crippen LogP contribution in [0.4, 0.5) is 0 Å². The second-order valence-electron chi connectivity index (χ2n) is 4.45. The summed E-state index contributed by atoms with van der Waals surface area (Å²) in [5.41, 5.74) is 0.720. The monoisotopic (exact) mass is 153 g/mol. The van der Waals surface area contributed by atoms with Gasteiger partial charge in [0.05, 0.1) is 0 Å². The first-order valence-corrected chi connectivity index (χ1v) is 5.04. The van der Waals surface area contributed by atoms with E-state index in [1.54, 1.807) is 0 Å². The Morgan fingerprint density at radius 2 is 1.91 bits per heavy atom. The topological polar surface area (TPSA) is 12.0 Å². The molecule has 64 valence electrons. The predicted molar refractivity (Wildman–Crippen MR) is 47.6 cm³/mol. The highest BCUT2D eigenvalue weighted by Crippen LogP contribution is 2.44. The average molecular weight is 153 g/mol. The Balaban J connectivity index is 2.06. The molecule has 0 amide bonds. The summed E-state index contributed by atoms with van der Waals surface area (Å²) >= 11 is 0. The van der Waals surface area contributed by atoms with Gasteiger partial charge in [0.15, 0.2) is 0 Å². The third-order valence-corrected chi connectivity index (χ3v) is 3.82. The van der Waals surface area contributed by atoms with E-state index < -0.39 is 0 Å². The molecule has 1 spiro atoms. The Kier molecular flexibility index (Phi) is 1.92. The van der Waals surface area contributed by atoms with Gasteiger partial charge < -0.3 is 5.32 Å². The van der Waals surface area contributed by atoms with Crippen molar-refractivity contribution in [1.82, 2.24) is 5.32 Å². The van der Waals surface area contributed by atoms with Crippen molar-refractivity contribution in [3.8, 4) is 0 Å². The van der Waals surface area contributed by atoms with Crippen molar-refractivity contribution in [2.45, 2.75) is 39.0 Å². The van der Waals surface area contributed by atoms with Crippen LogP contribution in [0, 0.1) is 11.3 Å². The second-order valence-corrected chi connectivity index (χ2v) is 4.45. The lowest BCUT2D eigenvalue weighted by molar-refractivity contribution is 0.159. The molecule has 1 nitrogen and oxygen atoms in total. The smallest absolute Gasteiger partial charge is 0.00110 e. The van der Waals surface area contributed by atoms with Gasteiger partial charge in [-0.05, 0) is 30.7 Å². The third kappa shape index (κ3) is 1.20. The summed E-state index contributed by atoms with van der Waals surface area (Å²) in [6.45, 7) is 4.99. The number of hydrogen-bond donors (Lipinski definition) is 1. The molecule has 11 heavy (non-hydrogen) atoms. The van der Waals surface area contributed by atoms with Gasteiger partial charge in [-0.1, -0.05) is 26.2 Å². The van der Waals surface area contributed by atoms with Crippen LogP contribution in [0.1, 0.15) is 39.0 Å². The van der Waals surface area contributed by atoms with Gasteiger partial charge in [-0.15, -0.1) is 0 Å². The average Bonchev–Trinajstić information content (AvgIpc) is 2.36. The van der Waals surface area contributed by atoms with Gasteiger partial charge in [0.25, 0.3) is 0 Å². The fourth-order valence-electron chi connectivity index (χ4n) is 2.85. The summed E-state index contributed by atoms with van der Waals surface area (Å²) < 4.78 is 0. The predicted octanol–water partition coefficient (Wildman–Crippen LogP) is 2.18. The van der Waals surface area contributed by atoms with E-state index in [1.807, 2.05) is 0 Å². The van der Waals surface area contributed by atoms with Crippen molar-refractivity contribution in [2.24, 2.45) is 11.3 Å². The van der Waals surface area contributed by atoms with Gasteiger partial charge >= 0.3 is 0 Å². The van der Waals surface area contributed by atoms with Crippen molar-refractivity contribution in [3.05, 3.63) is 0 Å². The molecule has 1 heterocycles. The Labute approximate surface area is 69.6 Å². The quantitative estimate of drug-likeness (QED) is 0.562. The van der Waals surface area contributed by atoms with Crippen molar-refractivity contribution in [2.75, 3.05) is 13.1 Å². The van der Waals surface area contributed by atoms with Gasteiger partial charge in [0, 0.05) is 6.54 Å². The molecular formula is C10H19N. The molecule has 0 aromatic carbocycles. The Morgan fingerprint density at radius 3 is 2.45 bits per heavy atom. The van der Waals surface area contributed by atoms with Crippen LogP contribution in [0.2, 0.25) is 0 Å². The molecule has 1 atom stereocenters. The SMILES string of the molecule is C[C@H]1CNCC12CCCCC2. The molecule has 1 heteroatoms. The molecule has 0 aromatic heterocycles. The van der Waals surface area contributed by atoms with Crippen LogP contribution in [-0.4, -0.2) is 13.1 Å². The van der Waals surface area contributed by atoms with Crippen molar-refractivity contribution >= 4 is 0 Å². The molecule has 2 aliphatic rings. The zero-order valence-corrected chi connectivity index (χ0v) is 7.53. The lowest BCUT2D eigenvalue weighted by atomic mass is 9.68. The highest BCUT2D eigenvalue weighted by atomic mass is 14.9. The molecular weight excluding hydrogens is 134 g/mol. The van der Waals surface area contributed by atoms with Crippen LogP contribution < -0.4 is 5.32 Å². The highest BCUT2D eigenvalue weighted by molar-refractivity contribution is 4.94. The normalized spacial score (nSPS) is 36.3. The fourth-order valence-corrected chi connectivity index (χ4v) is 2.85. The van der Waals surface area contributed by atoms with Crippen LogP contribution in [0.15, 0.2) is 0 Å². The van der Waals surface area contributed by atoms with Crippen LogP contribution in [-0.2, 0) is 0 Å². The Morgan fingerprint density at radius 1 is 1.18 bits per heavy atom. The Hall–Kier alpha value is -0.0400. The standard InChI is InChI=1S/C10H19N/c1-9-7-11-8-10(9)5-3-2-4-6-10/h9,11H,2-8H2,1H3/t9-/m0/s1. The summed E-state index contributed by atoms with van der Waals surface area (Å²) in [6, 6.07) is 0. The zero-order chi connectivity index (χ0) is 7.73. The number of nitrogens with one attached hydrogen (secondary N) is 1. The first kappa shape index (κ1) is 7.60. The van der Waals surface area contributed by atoms with Gasteiger partial charge in [-0.2, -0.15) is 0 Å². The van der Waals surface area contributed by atoms with E-state index in [4.69, 9.17) is 0 Å². The molecule has 1 saturated heterocycles. The fraction of sp³-hybridized carbons (Fsp3) is 1.00. The van der Waals surface area contributed by atoms with Crippen LogP contribution in [0.5, 0.6) is 0 Å². The minimum absolute atomic E-state index is 0.720. The number of rotatable bonds is 0. The number of hydrogen-bond acceptors (Lipinski definition) is 1. The molecule has 0 aromatic rings. The maximum atomic E-state index is 3.53. The first-order chi connectivity index (χ1) is 5.33. The Bertz CT molecular complexity index is 136. The summed E-state index contributed by atoms with van der Waals surface area (Å²) in [5, 5.41) is 3.53. The van der Waals surface area contributed by atoms with Gasteiger partial charge in [0.2, 0.25) is 0 Å². The van der Waals surface area contributed by atoms with E-state index in [1.165, 1.54) is 45.2 Å². The third-order valence-electron chi connectivity index (χ3n) is 3.82. The molecule has 1 saturated carbocycles. The molecule has 0 radical (unpaired) electrons. The molecule has 0 unspecified atom stereocenters. The van der Waals surface area contributed by atoms with E-state index in [-0.39, 0.29) is 0 Å². The largest absolute Gasteiger partial charge is 0.316 e. The van der Waals surface area contributed by atoms with E-state index in [0.717, 1.165) is 11.3 Å². The van der Waals surface area contributed by atoms with Gasteiger partial charge in [-0.25, -0.2) is 0 Å². The first-order valence-electron chi connectivity index (χ1n) is 5.04. The van der Waals surface area contributed by atoms with Gasteiger partial charge in [0.1, 0.15) is 0 Å². The molecule has 1 aliphatic heterocycles.